The first kappa shape index (κ1) is 13.3. The predicted octanol–water partition coefficient (Wildman–Crippen LogP) is 2.08. The fourth-order valence-electron chi connectivity index (χ4n) is 2.28. The maximum atomic E-state index is 11.0. The summed E-state index contributed by atoms with van der Waals surface area (Å²) in [6.45, 7) is 4.01. The van der Waals surface area contributed by atoms with Gasteiger partial charge in [-0.1, -0.05) is 6.92 Å². The van der Waals surface area contributed by atoms with E-state index in [9.17, 15) is 10.1 Å². The van der Waals surface area contributed by atoms with Gasteiger partial charge in [0, 0.05) is 18.3 Å². The van der Waals surface area contributed by atoms with Crippen LogP contribution in [0.5, 0.6) is 0 Å². The van der Waals surface area contributed by atoms with Crippen LogP contribution in [0, 0.1) is 21.4 Å². The van der Waals surface area contributed by atoms with Crippen LogP contribution >= 0.6 is 0 Å². The first-order chi connectivity index (χ1) is 9.17. The molecule has 1 aliphatic rings. The quantitative estimate of drug-likeness (QED) is 0.614. The van der Waals surface area contributed by atoms with Crippen molar-refractivity contribution in [1.82, 2.24) is 0 Å². The summed E-state index contributed by atoms with van der Waals surface area (Å²) >= 11 is 0. The van der Waals surface area contributed by atoms with Crippen molar-refractivity contribution in [3.05, 3.63) is 33.9 Å². The molecular formula is C13H15N3O3. The van der Waals surface area contributed by atoms with Crippen molar-refractivity contribution >= 4 is 11.4 Å². The smallest absolute Gasteiger partial charge is 0.289 e. The van der Waals surface area contributed by atoms with Gasteiger partial charge in [-0.05, 0) is 18.6 Å². The normalized spacial score (nSPS) is 18.9. The van der Waals surface area contributed by atoms with E-state index >= 15 is 0 Å². The molecule has 0 saturated carbocycles. The van der Waals surface area contributed by atoms with Crippen LogP contribution in [-0.2, 0) is 4.74 Å². The third kappa shape index (κ3) is 2.66. The highest BCUT2D eigenvalue weighted by atomic mass is 16.6. The van der Waals surface area contributed by atoms with Gasteiger partial charge >= 0.3 is 0 Å². The van der Waals surface area contributed by atoms with Crippen molar-refractivity contribution in [1.29, 1.82) is 5.26 Å². The molecule has 0 bridgehead atoms. The first-order valence-electron chi connectivity index (χ1n) is 6.20. The number of rotatable bonds is 3. The van der Waals surface area contributed by atoms with Crippen LogP contribution in [0.15, 0.2) is 18.2 Å². The number of morpholine rings is 1. The Balaban J connectivity index is 2.37. The number of nitro groups is 1. The van der Waals surface area contributed by atoms with Gasteiger partial charge in [-0.15, -0.1) is 0 Å². The molecule has 1 aromatic carbocycles. The Morgan fingerprint density at radius 2 is 2.42 bits per heavy atom. The molecule has 1 aromatic rings. The molecule has 100 valence electrons. The van der Waals surface area contributed by atoms with Gasteiger partial charge in [-0.3, -0.25) is 10.1 Å². The van der Waals surface area contributed by atoms with Crippen molar-refractivity contribution in [3.8, 4) is 6.07 Å². The van der Waals surface area contributed by atoms with Crippen molar-refractivity contribution < 1.29 is 9.66 Å². The van der Waals surface area contributed by atoms with Gasteiger partial charge in [0.25, 0.3) is 5.69 Å². The molecule has 1 aliphatic heterocycles. The lowest BCUT2D eigenvalue weighted by atomic mass is 10.1. The molecule has 19 heavy (non-hydrogen) atoms. The number of anilines is 1. The van der Waals surface area contributed by atoms with Crippen LogP contribution in [0.1, 0.15) is 18.9 Å². The molecule has 2 rings (SSSR count). The number of ether oxygens (including phenoxy) is 1. The zero-order chi connectivity index (χ0) is 13.8. The highest BCUT2D eigenvalue weighted by Crippen LogP contribution is 2.28. The van der Waals surface area contributed by atoms with E-state index in [1.807, 2.05) is 6.07 Å². The number of hydrogen-bond donors (Lipinski definition) is 0. The summed E-state index contributed by atoms with van der Waals surface area (Å²) in [5.41, 5.74) is 0.734. The molecule has 0 spiro atoms. The van der Waals surface area contributed by atoms with Crippen LogP contribution in [-0.4, -0.2) is 30.7 Å². The molecule has 1 heterocycles. The zero-order valence-electron chi connectivity index (χ0n) is 10.7. The van der Waals surface area contributed by atoms with Crippen LogP contribution < -0.4 is 4.90 Å². The van der Waals surface area contributed by atoms with Crippen LogP contribution in [0.4, 0.5) is 11.4 Å². The summed E-state index contributed by atoms with van der Waals surface area (Å²) in [5.74, 6) is 0. The lowest BCUT2D eigenvalue weighted by molar-refractivity contribution is -0.385. The summed E-state index contributed by atoms with van der Waals surface area (Å²) < 4.78 is 5.42. The van der Waals surface area contributed by atoms with Crippen molar-refractivity contribution in [2.45, 2.75) is 19.4 Å². The Hall–Kier alpha value is -2.13. The van der Waals surface area contributed by atoms with Gasteiger partial charge in [0.1, 0.15) is 11.6 Å². The molecule has 0 radical (unpaired) electrons. The second-order valence-corrected chi connectivity index (χ2v) is 4.40. The van der Waals surface area contributed by atoms with Crippen molar-refractivity contribution in [3.63, 3.8) is 0 Å². The molecule has 6 heteroatoms. The highest BCUT2D eigenvalue weighted by Gasteiger charge is 2.24. The third-order valence-electron chi connectivity index (χ3n) is 3.33. The number of nitro benzene ring substituents is 1. The Labute approximate surface area is 111 Å². The molecule has 1 unspecified atom stereocenters. The van der Waals surface area contributed by atoms with Gasteiger partial charge < -0.3 is 9.64 Å². The van der Waals surface area contributed by atoms with E-state index < -0.39 is 4.92 Å². The monoisotopic (exact) mass is 261 g/mol. The number of hydrogen-bond acceptors (Lipinski definition) is 5. The lowest BCUT2D eigenvalue weighted by Crippen LogP contribution is -2.45. The SMILES string of the molecule is CCC1COCCN1c1ccc(C#N)c([N+](=O)[O-])c1. The van der Waals surface area contributed by atoms with Crippen LogP contribution in [0.3, 0.4) is 0 Å². The van der Waals surface area contributed by atoms with E-state index in [-0.39, 0.29) is 17.3 Å². The predicted molar refractivity (Wildman–Crippen MR) is 70.1 cm³/mol. The summed E-state index contributed by atoms with van der Waals surface area (Å²) in [4.78, 5) is 12.6. The minimum Gasteiger partial charge on any atom is -0.377 e. The highest BCUT2D eigenvalue weighted by molar-refractivity contribution is 5.60. The minimum atomic E-state index is -0.510. The molecule has 1 saturated heterocycles. The summed E-state index contributed by atoms with van der Waals surface area (Å²) in [7, 11) is 0. The number of nitriles is 1. The van der Waals surface area contributed by atoms with Gasteiger partial charge in [0.15, 0.2) is 0 Å². The summed E-state index contributed by atoms with van der Waals surface area (Å²) in [6, 6.07) is 6.82. The standard InChI is InChI=1S/C13H15N3O3/c1-2-11-9-19-6-5-15(11)12-4-3-10(8-14)13(7-12)16(17)18/h3-4,7,11H,2,5-6,9H2,1H3. The summed E-state index contributed by atoms with van der Waals surface area (Å²) in [6.07, 6.45) is 0.911. The molecule has 0 aromatic heterocycles. The lowest BCUT2D eigenvalue weighted by Gasteiger charge is -2.36. The third-order valence-corrected chi connectivity index (χ3v) is 3.33. The van der Waals surface area contributed by atoms with E-state index in [1.54, 1.807) is 6.07 Å². The molecule has 0 N–H and O–H groups in total. The van der Waals surface area contributed by atoms with Gasteiger partial charge in [-0.2, -0.15) is 5.26 Å². The first-order valence-corrected chi connectivity index (χ1v) is 6.20. The second-order valence-electron chi connectivity index (χ2n) is 4.40. The van der Waals surface area contributed by atoms with Gasteiger partial charge in [0.05, 0.1) is 24.2 Å². The fraction of sp³-hybridized carbons (Fsp3) is 0.462. The Morgan fingerprint density at radius 3 is 3.05 bits per heavy atom. The topological polar surface area (TPSA) is 79.4 Å². The van der Waals surface area contributed by atoms with Gasteiger partial charge in [0.2, 0.25) is 0 Å². The zero-order valence-corrected chi connectivity index (χ0v) is 10.7. The molecule has 1 fully saturated rings. The van der Waals surface area contributed by atoms with E-state index in [0.717, 1.165) is 12.1 Å². The van der Waals surface area contributed by atoms with Crippen LogP contribution in [0.2, 0.25) is 0 Å². The molecule has 0 amide bonds. The van der Waals surface area contributed by atoms with Crippen molar-refractivity contribution in [2.75, 3.05) is 24.7 Å². The Bertz CT molecular complexity index is 524. The molecule has 1 atom stereocenters. The maximum absolute atomic E-state index is 11.0. The average Bonchev–Trinajstić information content (AvgIpc) is 2.46. The second kappa shape index (κ2) is 5.67. The van der Waals surface area contributed by atoms with E-state index in [2.05, 4.69) is 11.8 Å². The Kier molecular flexibility index (Phi) is 3.97. The van der Waals surface area contributed by atoms with Crippen LogP contribution in [0.25, 0.3) is 0 Å². The van der Waals surface area contributed by atoms with Crippen molar-refractivity contribution in [2.24, 2.45) is 0 Å². The number of benzene rings is 1. The van der Waals surface area contributed by atoms with Gasteiger partial charge in [-0.25, -0.2) is 0 Å². The fourth-order valence-corrected chi connectivity index (χ4v) is 2.28. The Morgan fingerprint density at radius 1 is 1.63 bits per heavy atom. The summed E-state index contributed by atoms with van der Waals surface area (Å²) in [5, 5.41) is 19.9. The molecule has 0 aliphatic carbocycles. The average molecular weight is 261 g/mol. The largest absolute Gasteiger partial charge is 0.377 e. The maximum Gasteiger partial charge on any atom is 0.289 e. The number of nitrogens with zero attached hydrogens (tertiary/aromatic N) is 3. The van der Waals surface area contributed by atoms with E-state index in [1.165, 1.54) is 12.1 Å². The molecule has 6 nitrogen and oxygen atoms in total. The minimum absolute atomic E-state index is 0.0926. The van der Waals surface area contributed by atoms with E-state index in [0.29, 0.717) is 19.8 Å². The van der Waals surface area contributed by atoms with E-state index in [4.69, 9.17) is 10.00 Å². The molecular weight excluding hydrogens is 246 g/mol.